The number of aryl methyl sites for hydroxylation is 2. The summed E-state index contributed by atoms with van der Waals surface area (Å²) in [6, 6.07) is 9.89. The largest absolute Gasteiger partial charge is 0.367 e. The molecule has 21 heavy (non-hydrogen) atoms. The molecule has 1 fully saturated rings. The van der Waals surface area contributed by atoms with Crippen LogP contribution in [-0.2, 0) is 0 Å². The smallest absolute Gasteiger partial charge is 0.274 e. The number of hydrogen-bond donors (Lipinski definition) is 2. The van der Waals surface area contributed by atoms with Gasteiger partial charge in [-0.25, -0.2) is 9.97 Å². The van der Waals surface area contributed by atoms with E-state index in [0.29, 0.717) is 17.6 Å². The molecule has 0 spiro atoms. The van der Waals surface area contributed by atoms with Crippen LogP contribution in [0.4, 0.5) is 11.5 Å². The third-order valence-corrected chi connectivity index (χ3v) is 3.28. The Labute approximate surface area is 123 Å². The Hall–Kier alpha value is -2.43. The topological polar surface area (TPSA) is 66.9 Å². The number of nitrogens with zero attached hydrogens (tertiary/aromatic N) is 2. The standard InChI is InChI=1S/C16H18N4O/c1-10-4-3-5-13(8-10)20-16(21)14-9-15(18-11(2)17-14)19-12-6-7-12/h3-5,8-9,12H,6-7H2,1-2H3,(H,20,21)(H,17,18,19). The average Bonchev–Trinajstić information content (AvgIpc) is 3.22. The molecule has 5 nitrogen and oxygen atoms in total. The molecule has 2 N–H and O–H groups in total. The van der Waals surface area contributed by atoms with Gasteiger partial charge in [0.05, 0.1) is 0 Å². The number of carbonyl (C=O) groups excluding carboxylic acids is 1. The number of amides is 1. The lowest BCUT2D eigenvalue weighted by atomic mass is 10.2. The first-order valence-corrected chi connectivity index (χ1v) is 7.10. The molecule has 0 unspecified atom stereocenters. The average molecular weight is 282 g/mol. The first-order valence-electron chi connectivity index (χ1n) is 7.10. The van der Waals surface area contributed by atoms with Gasteiger partial charge in [0.2, 0.25) is 0 Å². The molecular weight excluding hydrogens is 264 g/mol. The van der Waals surface area contributed by atoms with Gasteiger partial charge in [-0.05, 0) is 44.4 Å². The maximum atomic E-state index is 12.3. The summed E-state index contributed by atoms with van der Waals surface area (Å²) in [5, 5.41) is 6.16. The number of benzene rings is 1. The van der Waals surface area contributed by atoms with E-state index in [9.17, 15) is 4.79 Å². The van der Waals surface area contributed by atoms with Gasteiger partial charge in [-0.15, -0.1) is 0 Å². The number of aromatic nitrogens is 2. The fourth-order valence-corrected chi connectivity index (χ4v) is 2.11. The highest BCUT2D eigenvalue weighted by molar-refractivity contribution is 6.03. The van der Waals surface area contributed by atoms with E-state index in [1.807, 2.05) is 31.2 Å². The maximum absolute atomic E-state index is 12.3. The van der Waals surface area contributed by atoms with Crippen molar-refractivity contribution in [1.82, 2.24) is 9.97 Å². The van der Waals surface area contributed by atoms with Crippen LogP contribution < -0.4 is 10.6 Å². The summed E-state index contributed by atoms with van der Waals surface area (Å²) in [6.07, 6.45) is 2.32. The van der Waals surface area contributed by atoms with E-state index >= 15 is 0 Å². The second kappa shape index (κ2) is 5.52. The highest BCUT2D eigenvalue weighted by Gasteiger charge is 2.22. The van der Waals surface area contributed by atoms with Crippen LogP contribution in [0.2, 0.25) is 0 Å². The van der Waals surface area contributed by atoms with Crippen molar-refractivity contribution < 1.29 is 4.79 Å². The van der Waals surface area contributed by atoms with E-state index in [4.69, 9.17) is 0 Å². The molecule has 1 aromatic heterocycles. The van der Waals surface area contributed by atoms with Gasteiger partial charge in [-0.2, -0.15) is 0 Å². The monoisotopic (exact) mass is 282 g/mol. The molecule has 5 heteroatoms. The minimum absolute atomic E-state index is 0.218. The van der Waals surface area contributed by atoms with Crippen LogP contribution in [0.25, 0.3) is 0 Å². The zero-order valence-electron chi connectivity index (χ0n) is 12.2. The van der Waals surface area contributed by atoms with Crippen LogP contribution in [-0.4, -0.2) is 21.9 Å². The lowest BCUT2D eigenvalue weighted by Gasteiger charge is -2.09. The Balaban J connectivity index is 1.78. The highest BCUT2D eigenvalue weighted by Crippen LogP contribution is 2.24. The molecule has 1 heterocycles. The lowest BCUT2D eigenvalue weighted by Crippen LogP contribution is -2.16. The van der Waals surface area contributed by atoms with Crippen molar-refractivity contribution in [2.24, 2.45) is 0 Å². The van der Waals surface area contributed by atoms with Gasteiger partial charge in [0.25, 0.3) is 5.91 Å². The molecule has 0 atom stereocenters. The molecular formula is C16H18N4O. The van der Waals surface area contributed by atoms with E-state index in [0.717, 1.165) is 29.9 Å². The molecule has 0 bridgehead atoms. The molecule has 1 aliphatic carbocycles. The molecule has 1 amide bonds. The fraction of sp³-hybridized carbons (Fsp3) is 0.312. The van der Waals surface area contributed by atoms with E-state index in [-0.39, 0.29) is 5.91 Å². The Morgan fingerprint density at radius 1 is 1.19 bits per heavy atom. The van der Waals surface area contributed by atoms with Crippen molar-refractivity contribution in [1.29, 1.82) is 0 Å². The van der Waals surface area contributed by atoms with Crippen molar-refractivity contribution in [3.05, 3.63) is 47.4 Å². The zero-order chi connectivity index (χ0) is 14.8. The molecule has 1 aliphatic rings. The van der Waals surface area contributed by atoms with Gasteiger partial charge in [0.15, 0.2) is 0 Å². The van der Waals surface area contributed by atoms with Crippen LogP contribution in [0.1, 0.15) is 34.7 Å². The van der Waals surface area contributed by atoms with Crippen LogP contribution in [0.15, 0.2) is 30.3 Å². The van der Waals surface area contributed by atoms with E-state index < -0.39 is 0 Å². The summed E-state index contributed by atoms with van der Waals surface area (Å²) in [7, 11) is 0. The van der Waals surface area contributed by atoms with Crippen molar-refractivity contribution in [3.8, 4) is 0 Å². The Kier molecular flexibility index (Phi) is 3.56. The molecule has 0 saturated heterocycles. The van der Waals surface area contributed by atoms with Crippen molar-refractivity contribution in [2.45, 2.75) is 32.7 Å². The number of rotatable bonds is 4. The molecule has 0 radical (unpaired) electrons. The van der Waals surface area contributed by atoms with Gasteiger partial charge in [0, 0.05) is 17.8 Å². The van der Waals surface area contributed by atoms with E-state index in [1.54, 1.807) is 13.0 Å². The van der Waals surface area contributed by atoms with Gasteiger partial charge >= 0.3 is 0 Å². The van der Waals surface area contributed by atoms with Crippen LogP contribution in [0.3, 0.4) is 0 Å². The Bertz CT molecular complexity index is 680. The first kappa shape index (κ1) is 13.5. The molecule has 0 aliphatic heterocycles. The van der Waals surface area contributed by atoms with Crippen molar-refractivity contribution >= 4 is 17.4 Å². The first-order chi connectivity index (χ1) is 10.1. The predicted molar refractivity (Wildman–Crippen MR) is 82.5 cm³/mol. The van der Waals surface area contributed by atoms with Crippen LogP contribution in [0.5, 0.6) is 0 Å². The predicted octanol–water partition coefficient (Wildman–Crippen LogP) is 2.92. The number of hydrogen-bond acceptors (Lipinski definition) is 4. The Morgan fingerprint density at radius 3 is 2.71 bits per heavy atom. The van der Waals surface area contributed by atoms with Crippen molar-refractivity contribution in [2.75, 3.05) is 10.6 Å². The summed E-state index contributed by atoms with van der Waals surface area (Å²) < 4.78 is 0. The second-order valence-corrected chi connectivity index (χ2v) is 5.43. The summed E-state index contributed by atoms with van der Waals surface area (Å²) in [5.41, 5.74) is 2.25. The van der Waals surface area contributed by atoms with E-state index in [2.05, 4.69) is 20.6 Å². The summed E-state index contributed by atoms with van der Waals surface area (Å²) in [6.45, 7) is 3.78. The highest BCUT2D eigenvalue weighted by atomic mass is 16.1. The molecule has 1 saturated carbocycles. The summed E-state index contributed by atoms with van der Waals surface area (Å²) >= 11 is 0. The lowest BCUT2D eigenvalue weighted by molar-refractivity contribution is 0.102. The third kappa shape index (κ3) is 3.56. The van der Waals surface area contributed by atoms with E-state index in [1.165, 1.54) is 0 Å². The van der Waals surface area contributed by atoms with Gasteiger partial charge < -0.3 is 10.6 Å². The third-order valence-electron chi connectivity index (χ3n) is 3.28. The number of carbonyl (C=O) groups is 1. The minimum atomic E-state index is -0.218. The molecule has 2 aromatic rings. The SMILES string of the molecule is Cc1cccc(NC(=O)c2cc(NC3CC3)nc(C)n2)c1. The van der Waals surface area contributed by atoms with Gasteiger partial charge in [0.1, 0.15) is 17.3 Å². The minimum Gasteiger partial charge on any atom is -0.367 e. The second-order valence-electron chi connectivity index (χ2n) is 5.43. The summed E-state index contributed by atoms with van der Waals surface area (Å²) in [5.74, 6) is 1.10. The van der Waals surface area contributed by atoms with Crippen LogP contribution in [0, 0.1) is 13.8 Å². The zero-order valence-corrected chi connectivity index (χ0v) is 12.2. The normalized spacial score (nSPS) is 13.8. The van der Waals surface area contributed by atoms with Gasteiger partial charge in [-0.3, -0.25) is 4.79 Å². The quantitative estimate of drug-likeness (QED) is 0.904. The Morgan fingerprint density at radius 2 is 2.00 bits per heavy atom. The van der Waals surface area contributed by atoms with Crippen LogP contribution >= 0.6 is 0 Å². The fourth-order valence-electron chi connectivity index (χ4n) is 2.11. The molecule has 3 rings (SSSR count). The molecule has 1 aromatic carbocycles. The number of anilines is 2. The molecule has 108 valence electrons. The maximum Gasteiger partial charge on any atom is 0.274 e. The van der Waals surface area contributed by atoms with Crippen molar-refractivity contribution in [3.63, 3.8) is 0 Å². The number of nitrogens with one attached hydrogen (secondary N) is 2. The van der Waals surface area contributed by atoms with Gasteiger partial charge in [-0.1, -0.05) is 12.1 Å². The summed E-state index contributed by atoms with van der Waals surface area (Å²) in [4.78, 5) is 20.8.